The zero-order valence-electron chi connectivity index (χ0n) is 16.5. The molecule has 0 heterocycles. The maximum atomic E-state index is 11.9. The molecule has 7 heteroatoms. The second-order valence-electron chi connectivity index (χ2n) is 6.50. The molecule has 0 aliphatic heterocycles. The summed E-state index contributed by atoms with van der Waals surface area (Å²) in [5, 5.41) is 28.0. The van der Waals surface area contributed by atoms with Gasteiger partial charge in [-0.15, -0.1) is 0 Å². The van der Waals surface area contributed by atoms with E-state index in [0.29, 0.717) is 11.1 Å². The van der Waals surface area contributed by atoms with E-state index in [1.165, 1.54) is 24.3 Å². The third-order valence-electron chi connectivity index (χ3n) is 4.08. The van der Waals surface area contributed by atoms with E-state index >= 15 is 0 Å². The van der Waals surface area contributed by atoms with Crippen molar-refractivity contribution in [2.45, 2.75) is 19.6 Å². The van der Waals surface area contributed by atoms with Crippen molar-refractivity contribution in [1.29, 1.82) is 0 Å². The van der Waals surface area contributed by atoms with Crippen LogP contribution in [0.5, 0.6) is 5.75 Å². The lowest BCUT2D eigenvalue weighted by Crippen LogP contribution is -2.27. The van der Waals surface area contributed by atoms with Gasteiger partial charge in [0.05, 0.1) is 13.2 Å². The molecule has 0 saturated heterocycles. The van der Waals surface area contributed by atoms with Crippen molar-refractivity contribution >= 4 is 24.1 Å². The Bertz CT molecular complexity index is 914. The number of aliphatic hydroxyl groups is 2. The summed E-state index contributed by atoms with van der Waals surface area (Å²) in [6, 6.07) is 12.1. The Morgan fingerprint density at radius 3 is 2.23 bits per heavy atom. The Morgan fingerprint density at radius 1 is 0.967 bits per heavy atom. The second kappa shape index (κ2) is 11.5. The maximum Gasteiger partial charge on any atom is 0.331 e. The summed E-state index contributed by atoms with van der Waals surface area (Å²) < 4.78 is 10.0. The molecule has 0 aromatic heterocycles. The summed E-state index contributed by atoms with van der Waals surface area (Å²) in [6.07, 6.45) is 4.39. The summed E-state index contributed by atoms with van der Waals surface area (Å²) in [4.78, 5) is 23.7. The molecule has 0 bridgehead atoms. The number of carbonyl (C=O) groups is 2. The highest BCUT2D eigenvalue weighted by atomic mass is 16.6. The van der Waals surface area contributed by atoms with E-state index in [4.69, 9.17) is 14.6 Å². The number of benzene rings is 2. The van der Waals surface area contributed by atoms with Gasteiger partial charge in [-0.3, -0.25) is 0 Å². The maximum absolute atomic E-state index is 11.9. The van der Waals surface area contributed by atoms with Gasteiger partial charge >= 0.3 is 11.9 Å². The number of aromatic hydroxyl groups is 1. The van der Waals surface area contributed by atoms with Crippen LogP contribution in [0.25, 0.3) is 12.2 Å². The quantitative estimate of drug-likeness (QED) is 0.428. The van der Waals surface area contributed by atoms with Crippen LogP contribution >= 0.6 is 0 Å². The Balaban J connectivity index is 1.82. The van der Waals surface area contributed by atoms with Gasteiger partial charge in [0.15, 0.2) is 6.10 Å². The van der Waals surface area contributed by atoms with Crippen LogP contribution in [0, 0.1) is 6.92 Å². The topological polar surface area (TPSA) is 113 Å². The number of esters is 2. The van der Waals surface area contributed by atoms with Crippen LogP contribution in [-0.4, -0.2) is 46.6 Å². The van der Waals surface area contributed by atoms with Gasteiger partial charge in [-0.1, -0.05) is 42.0 Å². The molecule has 7 nitrogen and oxygen atoms in total. The molecule has 0 saturated carbocycles. The van der Waals surface area contributed by atoms with Crippen LogP contribution in [0.1, 0.15) is 22.3 Å². The van der Waals surface area contributed by atoms with Crippen molar-refractivity contribution in [3.8, 4) is 5.75 Å². The molecule has 2 aromatic rings. The number of carbonyl (C=O) groups excluding carboxylic acids is 2. The number of ether oxygens (including phenoxy) is 2. The summed E-state index contributed by atoms with van der Waals surface area (Å²) in [6.45, 7) is 0.857. The predicted octanol–water partition coefficient (Wildman–Crippen LogP) is 2.37. The Kier molecular flexibility index (Phi) is 8.80. The fourth-order valence-corrected chi connectivity index (χ4v) is 2.38. The molecule has 30 heavy (non-hydrogen) atoms. The van der Waals surface area contributed by atoms with E-state index in [0.717, 1.165) is 17.2 Å². The molecule has 0 aliphatic rings. The molecule has 1 unspecified atom stereocenters. The van der Waals surface area contributed by atoms with E-state index in [-0.39, 0.29) is 19.0 Å². The molecular formula is C23H24O7. The molecule has 0 radical (unpaired) electrons. The molecule has 0 fully saturated rings. The van der Waals surface area contributed by atoms with Gasteiger partial charge in [0.25, 0.3) is 0 Å². The fourth-order valence-electron chi connectivity index (χ4n) is 2.38. The van der Waals surface area contributed by atoms with Crippen molar-refractivity contribution in [2.75, 3.05) is 13.2 Å². The summed E-state index contributed by atoms with van der Waals surface area (Å²) in [5.41, 5.74) is 2.84. The second-order valence-corrected chi connectivity index (χ2v) is 6.50. The fraction of sp³-hybridized carbons (Fsp3) is 0.217. The van der Waals surface area contributed by atoms with E-state index in [2.05, 4.69) is 0 Å². The molecule has 0 amide bonds. The van der Waals surface area contributed by atoms with E-state index in [1.807, 2.05) is 31.2 Å². The smallest absolute Gasteiger partial charge is 0.331 e. The van der Waals surface area contributed by atoms with E-state index < -0.39 is 24.6 Å². The highest BCUT2D eigenvalue weighted by Crippen LogP contribution is 2.19. The lowest BCUT2D eigenvalue weighted by molar-refractivity contribution is -0.154. The summed E-state index contributed by atoms with van der Waals surface area (Å²) in [5.74, 6) is -1.45. The van der Waals surface area contributed by atoms with Gasteiger partial charge in [-0.25, -0.2) is 9.59 Å². The number of aliphatic hydroxyl groups excluding tert-OH is 2. The highest BCUT2D eigenvalue weighted by Gasteiger charge is 2.14. The number of aryl methyl sites for hydroxylation is 1. The first-order chi connectivity index (χ1) is 14.4. The minimum atomic E-state index is -0.995. The van der Waals surface area contributed by atoms with Gasteiger partial charge in [-0.2, -0.15) is 0 Å². The number of rotatable bonds is 9. The van der Waals surface area contributed by atoms with Crippen molar-refractivity contribution in [1.82, 2.24) is 0 Å². The highest BCUT2D eigenvalue weighted by molar-refractivity contribution is 5.88. The predicted molar refractivity (Wildman–Crippen MR) is 111 cm³/mol. The van der Waals surface area contributed by atoms with Crippen LogP contribution < -0.4 is 0 Å². The largest absolute Gasteiger partial charge is 0.508 e. The molecule has 0 aliphatic carbocycles. The van der Waals surface area contributed by atoms with E-state index in [9.17, 15) is 19.8 Å². The van der Waals surface area contributed by atoms with Crippen LogP contribution in [0.3, 0.4) is 0 Å². The third kappa shape index (κ3) is 7.54. The van der Waals surface area contributed by atoms with Crippen LogP contribution in [0.2, 0.25) is 0 Å². The SMILES string of the molecule is Cc1ccc(/C=C/C(=O)OC(CO)COC(=O)/C=C/c2ccc(CO)c(O)c2)cc1. The molecule has 2 aromatic carbocycles. The lowest BCUT2D eigenvalue weighted by atomic mass is 10.1. The number of hydrogen-bond donors (Lipinski definition) is 3. The zero-order chi connectivity index (χ0) is 21.9. The van der Waals surface area contributed by atoms with Gasteiger partial charge in [0, 0.05) is 17.7 Å². The van der Waals surface area contributed by atoms with Crippen molar-refractivity contribution in [3.05, 3.63) is 76.9 Å². The van der Waals surface area contributed by atoms with Crippen molar-refractivity contribution < 1.29 is 34.4 Å². The molecule has 2 rings (SSSR count). The van der Waals surface area contributed by atoms with Gasteiger partial charge in [0.2, 0.25) is 0 Å². The molecule has 1 atom stereocenters. The first-order valence-electron chi connectivity index (χ1n) is 9.25. The molecule has 158 valence electrons. The molecule has 3 N–H and O–H groups in total. The Morgan fingerprint density at radius 2 is 1.60 bits per heavy atom. The van der Waals surface area contributed by atoms with Crippen molar-refractivity contribution in [3.63, 3.8) is 0 Å². The number of hydrogen-bond acceptors (Lipinski definition) is 7. The average molecular weight is 412 g/mol. The normalized spacial score (nSPS) is 12.2. The lowest BCUT2D eigenvalue weighted by Gasteiger charge is -2.13. The summed E-state index contributed by atoms with van der Waals surface area (Å²) >= 11 is 0. The standard InChI is InChI=1S/C23H24O7/c1-16-2-4-17(5-3-16)7-11-23(28)30-20(14-25)15-29-22(27)10-8-18-6-9-19(13-24)21(26)12-18/h2-12,20,24-26H,13-15H2,1H3/b10-8+,11-7+. The molecular weight excluding hydrogens is 388 g/mol. The number of phenols is 1. The molecule has 0 spiro atoms. The van der Waals surface area contributed by atoms with Crippen LogP contribution in [0.4, 0.5) is 0 Å². The Labute approximate surface area is 174 Å². The van der Waals surface area contributed by atoms with Crippen LogP contribution in [-0.2, 0) is 25.7 Å². The zero-order valence-corrected chi connectivity index (χ0v) is 16.5. The minimum Gasteiger partial charge on any atom is -0.508 e. The average Bonchev–Trinajstić information content (AvgIpc) is 2.74. The van der Waals surface area contributed by atoms with Crippen molar-refractivity contribution in [2.24, 2.45) is 0 Å². The third-order valence-corrected chi connectivity index (χ3v) is 4.08. The van der Waals surface area contributed by atoms with Crippen LogP contribution in [0.15, 0.2) is 54.6 Å². The Hall–Kier alpha value is -3.42. The summed E-state index contributed by atoms with van der Waals surface area (Å²) in [7, 11) is 0. The first kappa shape index (κ1) is 22.9. The van der Waals surface area contributed by atoms with Gasteiger partial charge in [0.1, 0.15) is 12.4 Å². The van der Waals surface area contributed by atoms with Gasteiger partial charge < -0.3 is 24.8 Å². The first-order valence-corrected chi connectivity index (χ1v) is 9.25. The van der Waals surface area contributed by atoms with Gasteiger partial charge in [-0.05, 0) is 36.3 Å². The van der Waals surface area contributed by atoms with E-state index in [1.54, 1.807) is 12.1 Å². The monoisotopic (exact) mass is 412 g/mol. The minimum absolute atomic E-state index is 0.0843.